The van der Waals surface area contributed by atoms with Gasteiger partial charge < -0.3 is 20.1 Å². The molecule has 1 atom stereocenters. The van der Waals surface area contributed by atoms with Crippen molar-refractivity contribution in [1.82, 2.24) is 0 Å². The largest absolute Gasteiger partial charge is 0.481 e. The maximum absolute atomic E-state index is 11.4. The number of unbranched alkanes of at least 4 members (excludes halogenated alkanes) is 26. The molecule has 0 radical (unpaired) electrons. The van der Waals surface area contributed by atoms with E-state index < -0.39 is 12.1 Å². The van der Waals surface area contributed by atoms with Crippen LogP contribution in [0.4, 0.5) is 0 Å². The van der Waals surface area contributed by atoms with Crippen molar-refractivity contribution >= 4 is 11.9 Å². The summed E-state index contributed by atoms with van der Waals surface area (Å²) in [6, 6.07) is 0. The number of aliphatic hydroxyl groups excluding tert-OH is 2. The van der Waals surface area contributed by atoms with Crippen molar-refractivity contribution in [3.05, 3.63) is 0 Å². The molecule has 3 N–H and O–H groups in total. The lowest BCUT2D eigenvalue weighted by Gasteiger charge is -2.08. The second-order valence-corrected chi connectivity index (χ2v) is 12.6. The van der Waals surface area contributed by atoms with Crippen molar-refractivity contribution in [2.24, 2.45) is 0 Å². The molecule has 0 fully saturated rings. The van der Waals surface area contributed by atoms with Gasteiger partial charge in [0.1, 0.15) is 12.7 Å². The summed E-state index contributed by atoms with van der Waals surface area (Å²) in [5.74, 6) is -0.930. The van der Waals surface area contributed by atoms with E-state index in [0.717, 1.165) is 25.7 Å². The normalized spacial score (nSPS) is 11.6. The first-order valence-corrected chi connectivity index (χ1v) is 18.6. The van der Waals surface area contributed by atoms with Gasteiger partial charge >= 0.3 is 11.9 Å². The van der Waals surface area contributed by atoms with Crippen LogP contribution in [0, 0.1) is 0 Å². The minimum absolute atomic E-state index is 0.103. The number of esters is 1. The number of hydrogen-bond donors (Lipinski definition) is 3. The van der Waals surface area contributed by atoms with Gasteiger partial charge in [0.25, 0.3) is 0 Å². The fourth-order valence-electron chi connectivity index (χ4n) is 5.25. The van der Waals surface area contributed by atoms with E-state index >= 15 is 0 Å². The molecule has 1 unspecified atom stereocenters. The van der Waals surface area contributed by atoms with Crippen LogP contribution in [0.2, 0.25) is 0 Å². The van der Waals surface area contributed by atoms with Crippen molar-refractivity contribution in [2.45, 2.75) is 213 Å². The number of hydrogen-bond acceptors (Lipinski definition) is 5. The predicted molar refractivity (Wildman–Crippen MR) is 182 cm³/mol. The number of carboxylic acid groups (broad SMARTS) is 1. The molecule has 0 aliphatic rings. The van der Waals surface area contributed by atoms with Crippen LogP contribution in [-0.2, 0) is 14.3 Å². The van der Waals surface area contributed by atoms with Crippen molar-refractivity contribution in [1.29, 1.82) is 0 Å². The van der Waals surface area contributed by atoms with Gasteiger partial charge in [-0.3, -0.25) is 9.59 Å². The molecule has 0 aromatic heterocycles. The fraction of sp³-hybridized carbons (Fsp3) is 0.946. The smallest absolute Gasteiger partial charge is 0.305 e. The Morgan fingerprint density at radius 3 is 1.05 bits per heavy atom. The number of carbonyl (C=O) groups excluding carboxylic acids is 1. The highest BCUT2D eigenvalue weighted by Gasteiger charge is 2.07. The highest BCUT2D eigenvalue weighted by atomic mass is 16.5. The third-order valence-electron chi connectivity index (χ3n) is 8.13. The Kier molecular flexibility index (Phi) is 39.8. The lowest BCUT2D eigenvalue weighted by atomic mass is 10.0. The molecule has 0 rings (SSSR count). The first-order chi connectivity index (χ1) is 21.0. The summed E-state index contributed by atoms with van der Waals surface area (Å²) in [5, 5.41) is 26.2. The molecule has 0 amide bonds. The summed E-state index contributed by atoms with van der Waals surface area (Å²) in [6.07, 6.45) is 36.3. The highest BCUT2D eigenvalue weighted by Crippen LogP contribution is 2.15. The number of aliphatic carboxylic acids is 1. The predicted octanol–water partition coefficient (Wildman–Crippen LogP) is 10.7. The van der Waals surface area contributed by atoms with Gasteiger partial charge in [-0.15, -0.1) is 0 Å². The Labute approximate surface area is 267 Å². The number of ether oxygens (including phenoxy) is 1. The molecular formula is C37H74O6. The summed E-state index contributed by atoms with van der Waals surface area (Å²) in [4.78, 5) is 21.7. The van der Waals surface area contributed by atoms with Gasteiger partial charge in [-0.25, -0.2) is 0 Å². The second-order valence-electron chi connectivity index (χ2n) is 12.6. The Bertz CT molecular complexity index is 553. The van der Waals surface area contributed by atoms with Crippen LogP contribution in [0.15, 0.2) is 0 Å². The second kappa shape index (κ2) is 38.9. The molecule has 0 aromatic carbocycles. The summed E-state index contributed by atoms with van der Waals surface area (Å²) in [6.45, 7) is 4.05. The van der Waals surface area contributed by atoms with Crippen molar-refractivity contribution in [2.75, 3.05) is 13.2 Å². The lowest BCUT2D eigenvalue weighted by molar-refractivity contribution is -0.147. The highest BCUT2D eigenvalue weighted by molar-refractivity contribution is 5.69. The topological polar surface area (TPSA) is 104 Å². The Morgan fingerprint density at radius 1 is 0.488 bits per heavy atom. The molecule has 0 heterocycles. The Balaban J connectivity index is 0. The van der Waals surface area contributed by atoms with Gasteiger partial charge in [-0.1, -0.05) is 181 Å². The standard InChI is InChI=1S/C21H42O4.C16H32O2/c1-2-3-4-5-6-7-8-9-10-11-12-13-14-15-16-17-21(24)25-19-20(23)18-22;1-2-3-4-5-6-7-8-9-10-11-12-13-14-15-16(17)18/h20,22-23H,2-19H2,1H3;2-15H2,1H3,(H,17,18). The van der Waals surface area contributed by atoms with Crippen molar-refractivity contribution < 1.29 is 29.6 Å². The third kappa shape index (κ3) is 43.0. The van der Waals surface area contributed by atoms with Crippen LogP contribution in [0.5, 0.6) is 0 Å². The van der Waals surface area contributed by atoms with Crippen LogP contribution in [-0.4, -0.2) is 46.6 Å². The van der Waals surface area contributed by atoms with E-state index in [-0.39, 0.29) is 19.2 Å². The molecule has 0 aliphatic heterocycles. The van der Waals surface area contributed by atoms with E-state index in [2.05, 4.69) is 13.8 Å². The monoisotopic (exact) mass is 615 g/mol. The SMILES string of the molecule is CCCCCCCCCCCCCCCC(=O)O.CCCCCCCCCCCCCCCCCC(=O)OCC(O)CO. The maximum Gasteiger partial charge on any atom is 0.305 e. The van der Waals surface area contributed by atoms with Gasteiger partial charge in [0.05, 0.1) is 6.61 Å². The van der Waals surface area contributed by atoms with Crippen LogP contribution in [0.3, 0.4) is 0 Å². The summed E-state index contributed by atoms with van der Waals surface area (Å²) in [7, 11) is 0. The zero-order valence-electron chi connectivity index (χ0n) is 28.8. The van der Waals surface area contributed by atoms with Crippen molar-refractivity contribution in [3.8, 4) is 0 Å². The summed E-state index contributed by atoms with van der Waals surface area (Å²) >= 11 is 0. The lowest BCUT2D eigenvalue weighted by Crippen LogP contribution is -2.21. The maximum atomic E-state index is 11.4. The van der Waals surface area contributed by atoms with E-state index in [1.807, 2.05) is 0 Å². The number of carboxylic acids is 1. The zero-order chi connectivity index (χ0) is 32.1. The fourth-order valence-corrected chi connectivity index (χ4v) is 5.25. The molecule has 258 valence electrons. The zero-order valence-corrected chi connectivity index (χ0v) is 28.8. The van der Waals surface area contributed by atoms with Gasteiger partial charge in [0.2, 0.25) is 0 Å². The Morgan fingerprint density at radius 2 is 0.767 bits per heavy atom. The third-order valence-corrected chi connectivity index (χ3v) is 8.13. The molecule has 0 aliphatic carbocycles. The van der Waals surface area contributed by atoms with Gasteiger partial charge in [-0.2, -0.15) is 0 Å². The van der Waals surface area contributed by atoms with Crippen LogP contribution < -0.4 is 0 Å². The molecule has 6 heteroatoms. The average Bonchev–Trinajstić information content (AvgIpc) is 3.00. The van der Waals surface area contributed by atoms with Crippen molar-refractivity contribution in [3.63, 3.8) is 0 Å². The van der Waals surface area contributed by atoms with Crippen LogP contribution in [0.25, 0.3) is 0 Å². The summed E-state index contributed by atoms with van der Waals surface area (Å²) < 4.78 is 4.86. The van der Waals surface area contributed by atoms with Gasteiger partial charge in [-0.05, 0) is 12.8 Å². The van der Waals surface area contributed by atoms with Gasteiger partial charge in [0, 0.05) is 12.8 Å². The van der Waals surface area contributed by atoms with Crippen LogP contribution >= 0.6 is 0 Å². The van der Waals surface area contributed by atoms with E-state index in [9.17, 15) is 9.59 Å². The van der Waals surface area contributed by atoms with E-state index in [0.29, 0.717) is 12.8 Å². The summed E-state index contributed by atoms with van der Waals surface area (Å²) in [5.41, 5.74) is 0. The number of aliphatic hydroxyl groups is 2. The van der Waals surface area contributed by atoms with E-state index in [4.69, 9.17) is 20.1 Å². The molecule has 0 spiro atoms. The molecule has 0 saturated heterocycles. The quantitative estimate of drug-likeness (QED) is 0.0502. The molecule has 43 heavy (non-hydrogen) atoms. The minimum Gasteiger partial charge on any atom is -0.481 e. The first-order valence-electron chi connectivity index (χ1n) is 18.6. The average molecular weight is 615 g/mol. The van der Waals surface area contributed by atoms with E-state index in [1.165, 1.54) is 154 Å². The molecule has 0 aromatic rings. The number of rotatable bonds is 33. The molecule has 0 saturated carbocycles. The minimum atomic E-state index is -0.954. The molecule has 6 nitrogen and oxygen atoms in total. The van der Waals surface area contributed by atoms with Gasteiger partial charge in [0.15, 0.2) is 0 Å². The van der Waals surface area contributed by atoms with E-state index in [1.54, 1.807) is 0 Å². The van der Waals surface area contributed by atoms with Crippen LogP contribution in [0.1, 0.15) is 206 Å². The molecular weight excluding hydrogens is 540 g/mol. The molecule has 0 bridgehead atoms. The number of carbonyl (C=O) groups is 2. The first kappa shape index (κ1) is 44.0. The Hall–Kier alpha value is -1.14.